The summed E-state index contributed by atoms with van der Waals surface area (Å²) in [6.45, 7) is 12.1. The quantitative estimate of drug-likeness (QED) is 0.445. The van der Waals surface area contributed by atoms with Crippen LogP contribution in [0.5, 0.6) is 5.88 Å². The first-order valence-electron chi connectivity index (χ1n) is 10.9. The third kappa shape index (κ3) is 7.93. The molecule has 2 rings (SSSR count). The zero-order valence-electron chi connectivity index (χ0n) is 21.0. The minimum atomic E-state index is -1.45. The normalized spacial score (nSPS) is 11.4. The van der Waals surface area contributed by atoms with E-state index in [9.17, 15) is 14.9 Å². The number of rotatable bonds is 7. The molecular formula is C23H31BrN6O4Si. The molecule has 1 aromatic heterocycles. The number of hydrogen-bond donors (Lipinski definition) is 1. The smallest absolute Gasteiger partial charge is 0.416 e. The third-order valence-electron chi connectivity index (χ3n) is 4.53. The van der Waals surface area contributed by atoms with Crippen LogP contribution in [0, 0.1) is 11.3 Å². The Morgan fingerprint density at radius 1 is 1.17 bits per heavy atom. The van der Waals surface area contributed by atoms with Crippen molar-refractivity contribution in [2.24, 2.45) is 5.73 Å². The van der Waals surface area contributed by atoms with Crippen LogP contribution in [0.4, 0.5) is 27.0 Å². The molecule has 3 amide bonds. The number of urea groups is 1. The highest BCUT2D eigenvalue weighted by molar-refractivity contribution is 9.10. The molecule has 0 saturated heterocycles. The molecule has 0 unspecified atom stereocenters. The number of nitrogens with two attached hydrogens (primary N) is 1. The number of primary amides is 1. The average Bonchev–Trinajstić information content (AvgIpc) is 2.72. The standard InChI is InChI=1S/C23H31BrN6O4Si/c1-23(2,3)34-22(32)29(4)21-27-18(30(20(26)31)16-10-8-15(24)9-11-16)17(14-25)19(28-21)33-12-13-35(5,6)7/h8-11H,12-13H2,1-7H3,(H2,26,31). The van der Waals surface area contributed by atoms with Gasteiger partial charge in [-0.2, -0.15) is 15.2 Å². The maximum atomic E-state index is 12.7. The molecule has 35 heavy (non-hydrogen) atoms. The Hall–Kier alpha value is -3.17. The van der Waals surface area contributed by atoms with Gasteiger partial charge in [0, 0.05) is 19.6 Å². The minimum absolute atomic E-state index is 0.0514. The largest absolute Gasteiger partial charge is 0.477 e. The van der Waals surface area contributed by atoms with E-state index in [0.29, 0.717) is 12.3 Å². The lowest BCUT2D eigenvalue weighted by Gasteiger charge is -2.26. The van der Waals surface area contributed by atoms with E-state index < -0.39 is 25.8 Å². The SMILES string of the molecule is CN(C(=O)OC(C)(C)C)c1nc(OCC[Si](C)(C)C)c(C#N)c(N(C(N)=O)c2ccc(Br)cc2)n1. The van der Waals surface area contributed by atoms with E-state index >= 15 is 0 Å². The Morgan fingerprint density at radius 3 is 2.26 bits per heavy atom. The Balaban J connectivity index is 2.67. The lowest BCUT2D eigenvalue weighted by atomic mass is 10.2. The Bertz CT molecular complexity index is 1120. The van der Waals surface area contributed by atoms with Gasteiger partial charge in [-0.3, -0.25) is 0 Å². The number of nitrogens with zero attached hydrogens (tertiary/aromatic N) is 5. The first-order valence-corrected chi connectivity index (χ1v) is 15.4. The van der Waals surface area contributed by atoms with Gasteiger partial charge >= 0.3 is 12.1 Å². The molecule has 2 N–H and O–H groups in total. The molecular weight excluding hydrogens is 532 g/mol. The van der Waals surface area contributed by atoms with E-state index in [1.54, 1.807) is 45.0 Å². The predicted molar refractivity (Wildman–Crippen MR) is 141 cm³/mol. The minimum Gasteiger partial charge on any atom is -0.477 e. The molecule has 12 heteroatoms. The molecule has 0 radical (unpaired) electrons. The third-order valence-corrected chi connectivity index (χ3v) is 6.76. The molecule has 2 aromatic rings. The van der Waals surface area contributed by atoms with E-state index in [1.165, 1.54) is 7.05 Å². The van der Waals surface area contributed by atoms with Gasteiger partial charge in [-0.25, -0.2) is 19.4 Å². The summed E-state index contributed by atoms with van der Waals surface area (Å²) in [5, 5.41) is 9.98. The summed E-state index contributed by atoms with van der Waals surface area (Å²) in [7, 11) is -0.0250. The van der Waals surface area contributed by atoms with Crippen LogP contribution in [0.1, 0.15) is 26.3 Å². The summed E-state index contributed by atoms with van der Waals surface area (Å²) in [4.78, 5) is 36.1. The predicted octanol–water partition coefficient (Wildman–Crippen LogP) is 5.42. The fraction of sp³-hybridized carbons (Fsp3) is 0.435. The number of aromatic nitrogens is 2. The van der Waals surface area contributed by atoms with Gasteiger partial charge < -0.3 is 15.2 Å². The molecule has 0 bridgehead atoms. The van der Waals surface area contributed by atoms with Gasteiger partial charge in [-0.1, -0.05) is 35.6 Å². The average molecular weight is 564 g/mol. The molecule has 0 saturated carbocycles. The molecule has 10 nitrogen and oxygen atoms in total. The fourth-order valence-electron chi connectivity index (χ4n) is 2.74. The molecule has 0 aliphatic heterocycles. The zero-order chi connectivity index (χ0) is 26.6. The van der Waals surface area contributed by atoms with E-state index in [4.69, 9.17) is 15.2 Å². The van der Waals surface area contributed by atoms with Crippen LogP contribution in [0.25, 0.3) is 0 Å². The molecule has 188 valence electrons. The molecule has 1 aromatic carbocycles. The number of carbonyl (C=O) groups is 2. The topological polar surface area (TPSA) is 135 Å². The van der Waals surface area contributed by atoms with Crippen molar-refractivity contribution in [2.75, 3.05) is 23.5 Å². The summed E-state index contributed by atoms with van der Waals surface area (Å²) >= 11 is 3.35. The Kier molecular flexibility index (Phi) is 8.86. The van der Waals surface area contributed by atoms with Gasteiger partial charge in [0.05, 0.1) is 12.3 Å². The second-order valence-electron chi connectivity index (χ2n) is 9.99. The summed E-state index contributed by atoms with van der Waals surface area (Å²) < 4.78 is 12.1. The van der Waals surface area contributed by atoms with Crippen LogP contribution in [0.2, 0.25) is 25.7 Å². The molecule has 0 aliphatic rings. The number of anilines is 3. The Labute approximate surface area is 215 Å². The summed E-state index contributed by atoms with van der Waals surface area (Å²) in [5.41, 5.74) is 5.24. The number of halogens is 1. The van der Waals surface area contributed by atoms with E-state index in [1.807, 2.05) is 6.07 Å². The zero-order valence-corrected chi connectivity index (χ0v) is 23.6. The van der Waals surface area contributed by atoms with Gasteiger partial charge in [0.1, 0.15) is 11.7 Å². The van der Waals surface area contributed by atoms with Crippen LogP contribution in [0.15, 0.2) is 28.7 Å². The van der Waals surface area contributed by atoms with Gasteiger partial charge in [0.15, 0.2) is 11.4 Å². The van der Waals surface area contributed by atoms with Crippen LogP contribution in [-0.2, 0) is 4.74 Å². The van der Waals surface area contributed by atoms with Gasteiger partial charge in [0.25, 0.3) is 0 Å². The number of hydrogen-bond acceptors (Lipinski definition) is 7. The summed E-state index contributed by atoms with van der Waals surface area (Å²) in [5.74, 6) is -0.269. The Morgan fingerprint density at radius 2 is 1.77 bits per heavy atom. The second-order valence-corrected chi connectivity index (χ2v) is 16.5. The number of nitriles is 1. The number of benzene rings is 1. The second kappa shape index (κ2) is 11.0. The molecule has 0 atom stereocenters. The maximum Gasteiger partial charge on any atom is 0.416 e. The van der Waals surface area contributed by atoms with Crippen LogP contribution >= 0.6 is 15.9 Å². The van der Waals surface area contributed by atoms with Gasteiger partial charge in [0.2, 0.25) is 11.8 Å². The highest BCUT2D eigenvalue weighted by atomic mass is 79.9. The molecule has 1 heterocycles. The van der Waals surface area contributed by atoms with Crippen LogP contribution < -0.4 is 20.3 Å². The van der Waals surface area contributed by atoms with Crippen LogP contribution in [0.3, 0.4) is 0 Å². The highest BCUT2D eigenvalue weighted by Crippen LogP contribution is 2.34. The monoisotopic (exact) mass is 562 g/mol. The fourth-order valence-corrected chi connectivity index (χ4v) is 3.72. The lowest BCUT2D eigenvalue weighted by Crippen LogP contribution is -2.36. The summed E-state index contributed by atoms with van der Waals surface area (Å²) in [6.07, 6.45) is -0.713. The highest BCUT2D eigenvalue weighted by Gasteiger charge is 2.29. The maximum absolute atomic E-state index is 12.7. The van der Waals surface area contributed by atoms with Crippen molar-refractivity contribution in [3.63, 3.8) is 0 Å². The number of carbonyl (C=O) groups excluding carboxylic acids is 2. The van der Waals surface area contributed by atoms with E-state index in [-0.39, 0.29) is 23.2 Å². The molecule has 0 aliphatic carbocycles. The van der Waals surface area contributed by atoms with Crippen LogP contribution in [-0.4, -0.2) is 49.4 Å². The van der Waals surface area contributed by atoms with E-state index in [2.05, 4.69) is 45.5 Å². The number of ether oxygens (including phenoxy) is 2. The first-order chi connectivity index (χ1) is 16.1. The molecule has 0 spiro atoms. The number of amides is 3. The van der Waals surface area contributed by atoms with Crippen molar-refractivity contribution in [1.82, 2.24) is 9.97 Å². The van der Waals surface area contributed by atoms with Gasteiger partial charge in [-0.15, -0.1) is 0 Å². The van der Waals surface area contributed by atoms with Crippen molar-refractivity contribution < 1.29 is 19.1 Å². The van der Waals surface area contributed by atoms with Crippen molar-refractivity contribution in [2.45, 2.75) is 52.1 Å². The van der Waals surface area contributed by atoms with Crippen molar-refractivity contribution in [3.8, 4) is 11.9 Å². The first kappa shape index (κ1) is 28.1. The van der Waals surface area contributed by atoms with Crippen molar-refractivity contribution >= 4 is 53.6 Å². The van der Waals surface area contributed by atoms with Crippen molar-refractivity contribution in [3.05, 3.63) is 34.3 Å². The lowest BCUT2D eigenvalue weighted by molar-refractivity contribution is 0.0587. The van der Waals surface area contributed by atoms with Gasteiger partial charge in [-0.05, 0) is 51.1 Å². The summed E-state index contributed by atoms with van der Waals surface area (Å²) in [6, 6.07) is 8.68. The van der Waals surface area contributed by atoms with E-state index in [0.717, 1.165) is 20.3 Å². The van der Waals surface area contributed by atoms with Crippen molar-refractivity contribution in [1.29, 1.82) is 5.26 Å². The molecule has 0 fully saturated rings.